The maximum Gasteiger partial charge on any atom is 0.0467 e. The Morgan fingerprint density at radius 2 is 1.85 bits per heavy atom. The van der Waals surface area contributed by atoms with Crippen LogP contribution in [0.2, 0.25) is 10.0 Å². The van der Waals surface area contributed by atoms with Crippen LogP contribution in [0.4, 0.5) is 0 Å². The SMILES string of the molecule is O=C([O-])Cc1c(Cl)cc(Br)cc1Cl. The van der Waals surface area contributed by atoms with Gasteiger partial charge in [-0.2, -0.15) is 0 Å². The van der Waals surface area contributed by atoms with Crippen LogP contribution in [0.25, 0.3) is 0 Å². The van der Waals surface area contributed by atoms with Crippen LogP contribution in [0.3, 0.4) is 0 Å². The fourth-order valence-corrected chi connectivity index (χ4v) is 2.23. The first-order chi connectivity index (χ1) is 6.00. The van der Waals surface area contributed by atoms with Crippen molar-refractivity contribution in [1.82, 2.24) is 0 Å². The van der Waals surface area contributed by atoms with Crippen LogP contribution in [0, 0.1) is 0 Å². The molecule has 0 aliphatic carbocycles. The summed E-state index contributed by atoms with van der Waals surface area (Å²) in [5, 5.41) is 11.0. The minimum Gasteiger partial charge on any atom is -0.550 e. The summed E-state index contributed by atoms with van der Waals surface area (Å²) in [6.45, 7) is 0. The molecular formula is C8H4BrCl2O2-. The van der Waals surface area contributed by atoms with E-state index in [0.717, 1.165) is 0 Å². The van der Waals surface area contributed by atoms with E-state index in [1.165, 1.54) is 0 Å². The van der Waals surface area contributed by atoms with Crippen LogP contribution in [0.1, 0.15) is 5.56 Å². The van der Waals surface area contributed by atoms with Crippen LogP contribution in [-0.4, -0.2) is 5.97 Å². The summed E-state index contributed by atoms with van der Waals surface area (Å²) in [4.78, 5) is 10.3. The highest BCUT2D eigenvalue weighted by molar-refractivity contribution is 9.10. The molecule has 5 heteroatoms. The second-order valence-electron chi connectivity index (χ2n) is 2.40. The summed E-state index contributed by atoms with van der Waals surface area (Å²) in [6.07, 6.45) is -0.273. The van der Waals surface area contributed by atoms with Gasteiger partial charge in [-0.05, 0) is 17.7 Å². The Hall–Kier alpha value is -0.250. The molecule has 0 aliphatic heterocycles. The Morgan fingerprint density at radius 3 is 2.23 bits per heavy atom. The zero-order valence-electron chi connectivity index (χ0n) is 6.31. The van der Waals surface area contributed by atoms with Gasteiger partial charge >= 0.3 is 0 Å². The quantitative estimate of drug-likeness (QED) is 0.833. The molecule has 13 heavy (non-hydrogen) atoms. The van der Waals surface area contributed by atoms with Gasteiger partial charge in [0.2, 0.25) is 0 Å². The van der Waals surface area contributed by atoms with Crippen molar-refractivity contribution in [3.8, 4) is 0 Å². The molecule has 0 unspecified atom stereocenters. The van der Waals surface area contributed by atoms with Gasteiger partial charge in [0.05, 0.1) is 0 Å². The molecule has 70 valence electrons. The second-order valence-corrected chi connectivity index (χ2v) is 4.13. The van der Waals surface area contributed by atoms with Crippen LogP contribution in [-0.2, 0) is 11.2 Å². The molecule has 0 saturated carbocycles. The Bertz CT molecular complexity index is 329. The van der Waals surface area contributed by atoms with Crippen LogP contribution in [0.5, 0.6) is 0 Å². The summed E-state index contributed by atoms with van der Waals surface area (Å²) < 4.78 is 0.713. The van der Waals surface area contributed by atoms with E-state index in [9.17, 15) is 9.90 Å². The number of rotatable bonds is 2. The van der Waals surface area contributed by atoms with Crippen molar-refractivity contribution in [2.45, 2.75) is 6.42 Å². The van der Waals surface area contributed by atoms with E-state index in [1.54, 1.807) is 12.1 Å². The molecule has 0 aliphatic rings. The summed E-state index contributed by atoms with van der Waals surface area (Å²) in [5.41, 5.74) is 0.381. The third-order valence-electron chi connectivity index (χ3n) is 1.43. The highest BCUT2D eigenvalue weighted by atomic mass is 79.9. The molecule has 0 atom stereocenters. The Balaban J connectivity index is 3.13. The van der Waals surface area contributed by atoms with Gasteiger partial charge in [0.25, 0.3) is 0 Å². The molecule has 0 fully saturated rings. The van der Waals surface area contributed by atoms with Gasteiger partial charge < -0.3 is 9.90 Å². The van der Waals surface area contributed by atoms with Gasteiger partial charge in [-0.3, -0.25) is 0 Å². The van der Waals surface area contributed by atoms with Gasteiger partial charge in [0, 0.05) is 26.9 Å². The van der Waals surface area contributed by atoms with E-state index in [2.05, 4.69) is 15.9 Å². The fraction of sp³-hybridized carbons (Fsp3) is 0.125. The molecule has 0 N–H and O–H groups in total. The van der Waals surface area contributed by atoms with Crippen molar-refractivity contribution in [2.24, 2.45) is 0 Å². The minimum atomic E-state index is -1.20. The topological polar surface area (TPSA) is 40.1 Å². The van der Waals surface area contributed by atoms with E-state index < -0.39 is 5.97 Å². The molecule has 0 bridgehead atoms. The number of benzene rings is 1. The zero-order chi connectivity index (χ0) is 10.0. The summed E-state index contributed by atoms with van der Waals surface area (Å²) >= 11 is 14.7. The van der Waals surface area contributed by atoms with Crippen LogP contribution >= 0.6 is 39.1 Å². The molecule has 2 nitrogen and oxygen atoms in total. The van der Waals surface area contributed by atoms with Crippen LogP contribution < -0.4 is 5.11 Å². The van der Waals surface area contributed by atoms with Crippen molar-refractivity contribution in [2.75, 3.05) is 0 Å². The van der Waals surface area contributed by atoms with Gasteiger partial charge in [-0.25, -0.2) is 0 Å². The Labute approximate surface area is 93.6 Å². The van der Waals surface area contributed by atoms with Gasteiger partial charge in [0.15, 0.2) is 0 Å². The number of carboxylic acids is 1. The number of carboxylic acid groups (broad SMARTS) is 1. The number of hydrogen-bond acceptors (Lipinski definition) is 2. The number of halogens is 3. The highest BCUT2D eigenvalue weighted by Crippen LogP contribution is 2.29. The maximum absolute atomic E-state index is 10.3. The Kier molecular flexibility index (Phi) is 3.59. The zero-order valence-corrected chi connectivity index (χ0v) is 9.41. The smallest absolute Gasteiger partial charge is 0.0467 e. The number of hydrogen-bond donors (Lipinski definition) is 0. The molecular weight excluding hydrogens is 279 g/mol. The summed E-state index contributed by atoms with van der Waals surface area (Å²) in [5.74, 6) is -1.20. The largest absolute Gasteiger partial charge is 0.550 e. The van der Waals surface area contributed by atoms with E-state index in [4.69, 9.17) is 23.2 Å². The van der Waals surface area contributed by atoms with Gasteiger partial charge in [0.1, 0.15) is 0 Å². The highest BCUT2D eigenvalue weighted by Gasteiger charge is 2.07. The Morgan fingerprint density at radius 1 is 1.38 bits per heavy atom. The van der Waals surface area contributed by atoms with Gasteiger partial charge in [-0.15, -0.1) is 0 Å². The maximum atomic E-state index is 10.3. The normalized spacial score (nSPS) is 10.1. The molecule has 0 heterocycles. The first kappa shape index (κ1) is 10.8. The predicted molar refractivity (Wildman–Crippen MR) is 52.9 cm³/mol. The lowest BCUT2D eigenvalue weighted by atomic mass is 10.1. The molecule has 0 spiro atoms. The first-order valence-corrected chi connectivity index (χ1v) is 4.89. The molecule has 0 saturated heterocycles. The first-order valence-electron chi connectivity index (χ1n) is 3.34. The predicted octanol–water partition coefficient (Wildman–Crippen LogP) is 2.05. The lowest BCUT2D eigenvalue weighted by molar-refractivity contribution is -0.304. The third kappa shape index (κ3) is 2.86. The van der Waals surface area contributed by atoms with E-state index >= 15 is 0 Å². The minimum absolute atomic E-state index is 0.273. The average molecular weight is 283 g/mol. The molecule has 1 aromatic carbocycles. The number of carbonyl (C=O) groups excluding carboxylic acids is 1. The average Bonchev–Trinajstić information content (AvgIpc) is 1.96. The standard InChI is InChI=1S/C8H5BrCl2O2/c9-4-1-6(10)5(3-8(12)13)7(11)2-4/h1-2H,3H2,(H,12,13)/p-1. The van der Waals surface area contributed by atoms with Gasteiger partial charge in [-0.1, -0.05) is 39.1 Å². The van der Waals surface area contributed by atoms with Crippen LogP contribution in [0.15, 0.2) is 16.6 Å². The fourth-order valence-electron chi connectivity index (χ4n) is 0.885. The lowest BCUT2D eigenvalue weighted by Crippen LogP contribution is -2.24. The van der Waals surface area contributed by atoms with E-state index in [1.807, 2.05) is 0 Å². The summed E-state index contributed by atoms with van der Waals surface area (Å²) in [6, 6.07) is 3.18. The molecule has 1 rings (SSSR count). The molecule has 0 aromatic heterocycles. The van der Waals surface area contributed by atoms with Crippen molar-refractivity contribution in [1.29, 1.82) is 0 Å². The number of carbonyl (C=O) groups is 1. The molecule has 1 aromatic rings. The van der Waals surface area contributed by atoms with Crippen molar-refractivity contribution >= 4 is 45.1 Å². The van der Waals surface area contributed by atoms with E-state index in [0.29, 0.717) is 20.1 Å². The number of aliphatic carboxylic acids is 1. The van der Waals surface area contributed by atoms with Crippen molar-refractivity contribution in [3.05, 3.63) is 32.2 Å². The molecule has 0 radical (unpaired) electrons. The second kappa shape index (κ2) is 4.31. The van der Waals surface area contributed by atoms with Crippen molar-refractivity contribution < 1.29 is 9.90 Å². The monoisotopic (exact) mass is 281 g/mol. The lowest BCUT2D eigenvalue weighted by Gasteiger charge is -2.07. The summed E-state index contributed by atoms with van der Waals surface area (Å²) in [7, 11) is 0. The molecule has 0 amide bonds. The third-order valence-corrected chi connectivity index (χ3v) is 2.56. The van der Waals surface area contributed by atoms with Crippen molar-refractivity contribution in [3.63, 3.8) is 0 Å². The van der Waals surface area contributed by atoms with E-state index in [-0.39, 0.29) is 6.42 Å².